The van der Waals surface area contributed by atoms with E-state index in [4.69, 9.17) is 5.84 Å². The molecule has 70 valence electrons. The summed E-state index contributed by atoms with van der Waals surface area (Å²) in [5, 5.41) is 1.75. The lowest BCUT2D eigenvalue weighted by Gasteiger charge is -2.29. The molecule has 2 N–H and O–H groups in total. The second kappa shape index (κ2) is 3.15. The van der Waals surface area contributed by atoms with Crippen LogP contribution in [0.3, 0.4) is 0 Å². The highest BCUT2D eigenvalue weighted by atomic mass is 16.1. The standard InChI is InChI=1S/C9H18N2O/c1-7(2)9(8(3)12)4-5-11(10)6-9/h7H,4-6,10H2,1-3H3. The topological polar surface area (TPSA) is 46.3 Å². The average Bonchev–Trinajstić information content (AvgIpc) is 2.32. The molecule has 0 aliphatic carbocycles. The van der Waals surface area contributed by atoms with Gasteiger partial charge in [0.15, 0.2) is 0 Å². The summed E-state index contributed by atoms with van der Waals surface area (Å²) < 4.78 is 0. The summed E-state index contributed by atoms with van der Waals surface area (Å²) in [5.41, 5.74) is -0.172. The van der Waals surface area contributed by atoms with Gasteiger partial charge in [0.1, 0.15) is 5.78 Å². The van der Waals surface area contributed by atoms with E-state index in [9.17, 15) is 4.79 Å². The first-order valence-electron chi connectivity index (χ1n) is 4.50. The molecule has 1 aliphatic heterocycles. The molecule has 3 heteroatoms. The summed E-state index contributed by atoms with van der Waals surface area (Å²) in [4.78, 5) is 11.5. The highest BCUT2D eigenvalue weighted by molar-refractivity contribution is 5.83. The van der Waals surface area contributed by atoms with Gasteiger partial charge in [-0.3, -0.25) is 10.6 Å². The Hall–Kier alpha value is -0.410. The molecule has 0 saturated carbocycles. The number of hydrogen-bond acceptors (Lipinski definition) is 3. The number of nitrogens with zero attached hydrogens (tertiary/aromatic N) is 1. The molecule has 0 amide bonds. The van der Waals surface area contributed by atoms with Crippen molar-refractivity contribution in [1.82, 2.24) is 5.01 Å². The molecule has 1 saturated heterocycles. The Morgan fingerprint density at radius 3 is 2.33 bits per heavy atom. The number of Topliss-reactive ketones (excluding diaryl/α,β-unsaturated/α-hetero) is 1. The van der Waals surface area contributed by atoms with E-state index in [1.165, 1.54) is 0 Å². The minimum absolute atomic E-state index is 0.172. The van der Waals surface area contributed by atoms with Crippen LogP contribution in [0.4, 0.5) is 0 Å². The predicted molar refractivity (Wildman–Crippen MR) is 48.3 cm³/mol. The van der Waals surface area contributed by atoms with Crippen LogP contribution in [0.5, 0.6) is 0 Å². The van der Waals surface area contributed by atoms with Crippen LogP contribution in [-0.4, -0.2) is 23.9 Å². The van der Waals surface area contributed by atoms with E-state index in [2.05, 4.69) is 13.8 Å². The van der Waals surface area contributed by atoms with E-state index in [-0.39, 0.29) is 11.2 Å². The Morgan fingerprint density at radius 2 is 2.17 bits per heavy atom. The first-order valence-corrected chi connectivity index (χ1v) is 4.50. The normalized spacial score (nSPS) is 31.4. The number of carbonyl (C=O) groups excluding carboxylic acids is 1. The Bertz CT molecular complexity index is 191. The van der Waals surface area contributed by atoms with E-state index in [1.807, 2.05) is 0 Å². The Balaban J connectivity index is 2.82. The van der Waals surface area contributed by atoms with Crippen molar-refractivity contribution in [2.45, 2.75) is 27.2 Å². The van der Waals surface area contributed by atoms with Crippen LogP contribution in [0.2, 0.25) is 0 Å². The van der Waals surface area contributed by atoms with Crippen molar-refractivity contribution in [2.24, 2.45) is 17.2 Å². The van der Waals surface area contributed by atoms with Crippen molar-refractivity contribution in [1.29, 1.82) is 0 Å². The van der Waals surface area contributed by atoms with Crippen LogP contribution in [0.25, 0.3) is 0 Å². The first-order chi connectivity index (χ1) is 5.49. The molecule has 1 aliphatic rings. The van der Waals surface area contributed by atoms with Gasteiger partial charge in [0.25, 0.3) is 0 Å². The Labute approximate surface area is 73.9 Å². The fourth-order valence-electron chi connectivity index (χ4n) is 2.03. The molecule has 1 heterocycles. The maximum Gasteiger partial charge on any atom is 0.137 e. The lowest BCUT2D eigenvalue weighted by atomic mass is 9.73. The van der Waals surface area contributed by atoms with Gasteiger partial charge in [-0.1, -0.05) is 13.8 Å². The van der Waals surface area contributed by atoms with Gasteiger partial charge in [0.05, 0.1) is 0 Å². The third kappa shape index (κ3) is 1.39. The van der Waals surface area contributed by atoms with Gasteiger partial charge in [0, 0.05) is 18.5 Å². The minimum Gasteiger partial charge on any atom is -0.299 e. The predicted octanol–water partition coefficient (Wildman–Crippen LogP) is 0.797. The molecule has 1 unspecified atom stereocenters. The molecule has 0 aromatic carbocycles. The fraction of sp³-hybridized carbons (Fsp3) is 0.889. The van der Waals surface area contributed by atoms with Crippen LogP contribution in [0, 0.1) is 11.3 Å². The Morgan fingerprint density at radius 1 is 1.58 bits per heavy atom. The molecule has 0 aromatic rings. The molecule has 0 bridgehead atoms. The van der Waals surface area contributed by atoms with Gasteiger partial charge >= 0.3 is 0 Å². The van der Waals surface area contributed by atoms with Gasteiger partial charge in [-0.25, -0.2) is 5.01 Å². The average molecular weight is 170 g/mol. The van der Waals surface area contributed by atoms with Gasteiger partial charge in [0.2, 0.25) is 0 Å². The molecule has 0 spiro atoms. The quantitative estimate of drug-likeness (QED) is 0.623. The van der Waals surface area contributed by atoms with Crippen LogP contribution in [0.1, 0.15) is 27.2 Å². The molecule has 1 atom stereocenters. The number of ketones is 1. The highest BCUT2D eigenvalue weighted by Crippen LogP contribution is 2.37. The van der Waals surface area contributed by atoms with Crippen molar-refractivity contribution in [2.75, 3.05) is 13.1 Å². The number of hydrogen-bond donors (Lipinski definition) is 1. The summed E-state index contributed by atoms with van der Waals surface area (Å²) in [6.07, 6.45) is 0.913. The molecular formula is C9H18N2O. The molecule has 0 radical (unpaired) electrons. The smallest absolute Gasteiger partial charge is 0.137 e. The lowest BCUT2D eigenvalue weighted by Crippen LogP contribution is -2.39. The highest BCUT2D eigenvalue weighted by Gasteiger charge is 2.43. The van der Waals surface area contributed by atoms with Gasteiger partial charge in [-0.15, -0.1) is 0 Å². The van der Waals surface area contributed by atoms with Gasteiger partial charge < -0.3 is 0 Å². The van der Waals surface area contributed by atoms with Crippen LogP contribution < -0.4 is 5.84 Å². The van der Waals surface area contributed by atoms with Gasteiger partial charge in [-0.2, -0.15) is 0 Å². The van der Waals surface area contributed by atoms with Crippen molar-refractivity contribution >= 4 is 5.78 Å². The number of carbonyl (C=O) groups is 1. The van der Waals surface area contributed by atoms with Crippen LogP contribution in [0.15, 0.2) is 0 Å². The minimum atomic E-state index is -0.172. The summed E-state index contributed by atoms with van der Waals surface area (Å²) in [7, 11) is 0. The number of hydrazine groups is 1. The van der Waals surface area contributed by atoms with E-state index in [0.717, 1.165) is 19.5 Å². The summed E-state index contributed by atoms with van der Waals surface area (Å²) in [6, 6.07) is 0. The molecular weight excluding hydrogens is 152 g/mol. The molecule has 1 fully saturated rings. The second-order valence-corrected chi connectivity index (χ2v) is 4.09. The second-order valence-electron chi connectivity index (χ2n) is 4.09. The van der Waals surface area contributed by atoms with Gasteiger partial charge in [-0.05, 0) is 19.3 Å². The van der Waals surface area contributed by atoms with E-state index in [1.54, 1.807) is 11.9 Å². The van der Waals surface area contributed by atoms with E-state index < -0.39 is 0 Å². The SMILES string of the molecule is CC(=O)C1(C(C)C)CCN(N)C1. The van der Waals surface area contributed by atoms with Crippen molar-refractivity contribution in [3.05, 3.63) is 0 Å². The maximum atomic E-state index is 11.5. The number of rotatable bonds is 2. The molecule has 12 heavy (non-hydrogen) atoms. The lowest BCUT2D eigenvalue weighted by molar-refractivity contribution is -0.128. The molecule has 1 rings (SSSR count). The van der Waals surface area contributed by atoms with Crippen LogP contribution >= 0.6 is 0 Å². The number of nitrogens with two attached hydrogens (primary N) is 1. The zero-order chi connectivity index (χ0) is 9.35. The summed E-state index contributed by atoms with van der Waals surface area (Å²) >= 11 is 0. The zero-order valence-electron chi connectivity index (χ0n) is 8.13. The molecule has 3 nitrogen and oxygen atoms in total. The van der Waals surface area contributed by atoms with E-state index >= 15 is 0 Å². The summed E-state index contributed by atoms with van der Waals surface area (Å²) in [6.45, 7) is 7.44. The zero-order valence-corrected chi connectivity index (χ0v) is 8.13. The molecule has 0 aromatic heterocycles. The third-order valence-electron chi connectivity index (χ3n) is 3.14. The van der Waals surface area contributed by atoms with Crippen LogP contribution in [-0.2, 0) is 4.79 Å². The first kappa shape index (κ1) is 9.68. The van der Waals surface area contributed by atoms with Crippen molar-refractivity contribution in [3.63, 3.8) is 0 Å². The monoisotopic (exact) mass is 170 g/mol. The Kier molecular flexibility index (Phi) is 2.54. The van der Waals surface area contributed by atoms with E-state index in [0.29, 0.717) is 5.92 Å². The summed E-state index contributed by atoms with van der Waals surface area (Å²) in [5.74, 6) is 6.34. The largest absolute Gasteiger partial charge is 0.299 e. The van der Waals surface area contributed by atoms with Crippen molar-refractivity contribution in [3.8, 4) is 0 Å². The van der Waals surface area contributed by atoms with Crippen molar-refractivity contribution < 1.29 is 4.79 Å². The fourth-order valence-corrected chi connectivity index (χ4v) is 2.03. The maximum absolute atomic E-state index is 11.5. The third-order valence-corrected chi connectivity index (χ3v) is 3.14.